The van der Waals surface area contributed by atoms with Gasteiger partial charge in [0.05, 0.1) is 24.9 Å². The lowest BCUT2D eigenvalue weighted by Gasteiger charge is -2.35. The number of nitrogens with zero attached hydrogens (tertiary/aromatic N) is 2. The van der Waals surface area contributed by atoms with Crippen molar-refractivity contribution in [2.75, 3.05) is 45.9 Å². The molecule has 0 saturated carbocycles. The van der Waals surface area contributed by atoms with Gasteiger partial charge in [0.25, 0.3) is 0 Å². The Morgan fingerprint density at radius 2 is 1.78 bits per heavy atom. The number of β-amino-alcohol motifs (C(OH)–C–C–N with tert-alkyl or cyclic N) is 2. The van der Waals surface area contributed by atoms with E-state index in [1.54, 1.807) is 0 Å². The number of ether oxygens (including phenoxy) is 1. The molecule has 2 heterocycles. The predicted octanol–water partition coefficient (Wildman–Crippen LogP) is -0.619. The fourth-order valence-electron chi connectivity index (χ4n) is 2.86. The first-order chi connectivity index (χ1) is 8.54. The number of aliphatic hydroxyl groups is 2. The quantitative estimate of drug-likeness (QED) is 0.704. The molecule has 0 aliphatic carbocycles. The van der Waals surface area contributed by atoms with Crippen molar-refractivity contribution < 1.29 is 14.9 Å². The van der Waals surface area contributed by atoms with Gasteiger partial charge in [-0.1, -0.05) is 13.8 Å². The van der Waals surface area contributed by atoms with Crippen LogP contribution in [0.15, 0.2) is 0 Å². The van der Waals surface area contributed by atoms with Gasteiger partial charge in [-0.15, -0.1) is 0 Å². The van der Waals surface area contributed by atoms with Crippen LogP contribution < -0.4 is 0 Å². The molecule has 2 aliphatic heterocycles. The second-order valence-corrected chi connectivity index (χ2v) is 6.00. The van der Waals surface area contributed by atoms with Crippen molar-refractivity contribution in [3.63, 3.8) is 0 Å². The number of aliphatic hydroxyl groups excluding tert-OH is 2. The van der Waals surface area contributed by atoms with Gasteiger partial charge >= 0.3 is 0 Å². The molecule has 0 spiro atoms. The summed E-state index contributed by atoms with van der Waals surface area (Å²) in [7, 11) is 0. The van der Waals surface area contributed by atoms with Gasteiger partial charge in [-0.3, -0.25) is 9.80 Å². The van der Waals surface area contributed by atoms with E-state index in [-0.39, 0.29) is 6.10 Å². The predicted molar refractivity (Wildman–Crippen MR) is 69.5 cm³/mol. The average Bonchev–Trinajstić information content (AvgIpc) is 2.57. The van der Waals surface area contributed by atoms with Crippen LogP contribution in [-0.4, -0.2) is 84.2 Å². The zero-order valence-corrected chi connectivity index (χ0v) is 11.5. The van der Waals surface area contributed by atoms with E-state index in [0.717, 1.165) is 32.8 Å². The van der Waals surface area contributed by atoms with Crippen LogP contribution in [0.4, 0.5) is 0 Å². The molecule has 0 bridgehead atoms. The third-order valence-electron chi connectivity index (χ3n) is 3.64. The Hall–Kier alpha value is -0.200. The maximum absolute atomic E-state index is 9.53. The summed E-state index contributed by atoms with van der Waals surface area (Å²) in [4.78, 5) is 4.54. The van der Waals surface area contributed by atoms with Crippen molar-refractivity contribution in [3.05, 3.63) is 0 Å². The molecule has 18 heavy (non-hydrogen) atoms. The molecule has 2 fully saturated rings. The lowest BCUT2D eigenvalue weighted by atomic mass is 10.1. The molecule has 0 radical (unpaired) electrons. The molecule has 0 aromatic carbocycles. The lowest BCUT2D eigenvalue weighted by molar-refractivity contribution is -0.0447. The van der Waals surface area contributed by atoms with Gasteiger partial charge in [-0.05, 0) is 5.92 Å². The largest absolute Gasteiger partial charge is 0.389 e. The summed E-state index contributed by atoms with van der Waals surface area (Å²) < 4.78 is 5.78. The minimum absolute atomic E-state index is 0.204. The summed E-state index contributed by atoms with van der Waals surface area (Å²) in [6, 6.07) is 0. The van der Waals surface area contributed by atoms with Crippen LogP contribution in [-0.2, 0) is 4.74 Å². The molecule has 0 aromatic heterocycles. The summed E-state index contributed by atoms with van der Waals surface area (Å²) in [5.74, 6) is 0.680. The third kappa shape index (κ3) is 3.90. The van der Waals surface area contributed by atoms with E-state index in [0.29, 0.717) is 19.0 Å². The molecular weight excluding hydrogens is 232 g/mol. The normalized spacial score (nSPS) is 35.5. The summed E-state index contributed by atoms with van der Waals surface area (Å²) in [5, 5.41) is 19.1. The van der Waals surface area contributed by atoms with Crippen LogP contribution >= 0.6 is 0 Å². The van der Waals surface area contributed by atoms with Crippen molar-refractivity contribution in [1.29, 1.82) is 0 Å². The van der Waals surface area contributed by atoms with Crippen LogP contribution in [0.25, 0.3) is 0 Å². The molecule has 2 rings (SSSR count). The molecular formula is C13H26N2O3. The minimum atomic E-state index is -0.597. The molecule has 2 aliphatic rings. The lowest BCUT2D eigenvalue weighted by Crippen LogP contribution is -2.48. The van der Waals surface area contributed by atoms with Gasteiger partial charge < -0.3 is 14.9 Å². The fraction of sp³-hybridized carbons (Fsp3) is 1.00. The number of rotatable bonds is 4. The van der Waals surface area contributed by atoms with E-state index >= 15 is 0 Å². The number of hydrogen-bond acceptors (Lipinski definition) is 5. The van der Waals surface area contributed by atoms with Crippen LogP contribution in [0, 0.1) is 5.92 Å². The summed E-state index contributed by atoms with van der Waals surface area (Å²) in [6.45, 7) is 10.3. The molecule has 3 atom stereocenters. The maximum atomic E-state index is 9.53. The average molecular weight is 258 g/mol. The van der Waals surface area contributed by atoms with Crippen LogP contribution in [0.1, 0.15) is 13.8 Å². The van der Waals surface area contributed by atoms with Crippen molar-refractivity contribution in [2.45, 2.75) is 32.2 Å². The summed E-state index contributed by atoms with van der Waals surface area (Å²) in [6.07, 6.45) is -0.990. The highest BCUT2D eigenvalue weighted by molar-refractivity contribution is 4.86. The standard InChI is InChI=1S/C13H26N2O3/c1-10(2)5-14-3-4-18-11(6-14)7-15-8-12(16)13(17)9-15/h10-13,16-17H,3-9H2,1-2H3. The third-order valence-corrected chi connectivity index (χ3v) is 3.64. The van der Waals surface area contributed by atoms with E-state index in [1.165, 1.54) is 0 Å². The molecule has 2 saturated heterocycles. The summed E-state index contributed by atoms with van der Waals surface area (Å²) >= 11 is 0. The molecule has 0 aromatic rings. The maximum Gasteiger partial charge on any atom is 0.0938 e. The Morgan fingerprint density at radius 3 is 2.39 bits per heavy atom. The summed E-state index contributed by atoms with van der Waals surface area (Å²) in [5.41, 5.74) is 0. The first kappa shape index (κ1) is 14.2. The van der Waals surface area contributed by atoms with Gasteiger partial charge in [0, 0.05) is 39.3 Å². The monoisotopic (exact) mass is 258 g/mol. The van der Waals surface area contributed by atoms with Gasteiger partial charge in [-0.25, -0.2) is 0 Å². The molecule has 5 nitrogen and oxygen atoms in total. The van der Waals surface area contributed by atoms with Crippen LogP contribution in [0.3, 0.4) is 0 Å². The van der Waals surface area contributed by atoms with Gasteiger partial charge in [0.15, 0.2) is 0 Å². The smallest absolute Gasteiger partial charge is 0.0938 e. The van der Waals surface area contributed by atoms with Crippen molar-refractivity contribution in [3.8, 4) is 0 Å². The molecule has 106 valence electrons. The molecule has 2 N–H and O–H groups in total. The Labute approximate surface area is 109 Å². The van der Waals surface area contributed by atoms with E-state index < -0.39 is 12.2 Å². The molecule has 5 heteroatoms. The highest BCUT2D eigenvalue weighted by Gasteiger charge is 2.32. The highest BCUT2D eigenvalue weighted by atomic mass is 16.5. The SMILES string of the molecule is CC(C)CN1CCOC(CN2CC(O)C(O)C2)C1. The molecule has 0 amide bonds. The van der Waals surface area contributed by atoms with E-state index in [2.05, 4.69) is 23.6 Å². The zero-order valence-electron chi connectivity index (χ0n) is 11.5. The topological polar surface area (TPSA) is 56.2 Å². The Bertz CT molecular complexity index is 253. The van der Waals surface area contributed by atoms with Gasteiger partial charge in [0.1, 0.15) is 0 Å². The van der Waals surface area contributed by atoms with E-state index in [4.69, 9.17) is 4.74 Å². The zero-order chi connectivity index (χ0) is 13.1. The van der Waals surface area contributed by atoms with Crippen molar-refractivity contribution >= 4 is 0 Å². The van der Waals surface area contributed by atoms with Crippen LogP contribution in [0.2, 0.25) is 0 Å². The highest BCUT2D eigenvalue weighted by Crippen LogP contribution is 2.14. The van der Waals surface area contributed by atoms with Gasteiger partial charge in [-0.2, -0.15) is 0 Å². The Morgan fingerprint density at radius 1 is 1.11 bits per heavy atom. The second-order valence-electron chi connectivity index (χ2n) is 6.00. The minimum Gasteiger partial charge on any atom is -0.389 e. The first-order valence-corrected chi connectivity index (χ1v) is 6.97. The first-order valence-electron chi connectivity index (χ1n) is 6.97. The van der Waals surface area contributed by atoms with Crippen molar-refractivity contribution in [2.24, 2.45) is 5.92 Å². The molecule has 3 unspecified atom stereocenters. The van der Waals surface area contributed by atoms with E-state index in [9.17, 15) is 10.2 Å². The van der Waals surface area contributed by atoms with E-state index in [1.807, 2.05) is 0 Å². The van der Waals surface area contributed by atoms with Crippen molar-refractivity contribution in [1.82, 2.24) is 9.80 Å². The number of likely N-dealkylation sites (tertiary alicyclic amines) is 1. The number of morpholine rings is 1. The second kappa shape index (κ2) is 6.30. The number of hydrogen-bond donors (Lipinski definition) is 2. The fourth-order valence-corrected chi connectivity index (χ4v) is 2.86. The van der Waals surface area contributed by atoms with Gasteiger partial charge in [0.2, 0.25) is 0 Å². The Kier molecular flexibility index (Phi) is 4.98. The Balaban J connectivity index is 1.76. The van der Waals surface area contributed by atoms with Crippen LogP contribution in [0.5, 0.6) is 0 Å².